The lowest BCUT2D eigenvalue weighted by molar-refractivity contribution is 0.203. The van der Waals surface area contributed by atoms with Gasteiger partial charge in [-0.25, -0.2) is 9.97 Å². The van der Waals surface area contributed by atoms with Crippen molar-refractivity contribution >= 4 is 23.4 Å². The average molecular weight is 292 g/mol. The van der Waals surface area contributed by atoms with Gasteiger partial charge in [-0.2, -0.15) is 0 Å². The Bertz CT molecular complexity index is 574. The van der Waals surface area contributed by atoms with Crippen LogP contribution in [0.3, 0.4) is 0 Å². The monoisotopic (exact) mass is 292 g/mol. The van der Waals surface area contributed by atoms with Crippen molar-refractivity contribution in [3.63, 3.8) is 0 Å². The summed E-state index contributed by atoms with van der Waals surface area (Å²) < 4.78 is 5.12. The fourth-order valence-electron chi connectivity index (χ4n) is 1.62. The number of ether oxygens (including phenoxy) is 1. The standard InChI is InChI=1S/C13H16N4O2S/c1-19-9-4-2-3-8(5-9)10(18)7-20-13-16-11(14)6-12(15)17-13/h2-6,10,18H,7H2,1H3,(H4,14,15,16,17). The summed E-state index contributed by atoms with van der Waals surface area (Å²) in [5.41, 5.74) is 12.0. The van der Waals surface area contributed by atoms with Crippen LogP contribution < -0.4 is 16.2 Å². The minimum Gasteiger partial charge on any atom is -0.497 e. The van der Waals surface area contributed by atoms with Gasteiger partial charge in [0.25, 0.3) is 0 Å². The molecule has 0 radical (unpaired) electrons. The number of aliphatic hydroxyl groups is 1. The van der Waals surface area contributed by atoms with Gasteiger partial charge in [-0.05, 0) is 17.7 Å². The predicted octanol–water partition coefficient (Wildman–Crippen LogP) is 1.48. The third kappa shape index (κ3) is 3.75. The number of rotatable bonds is 5. The maximum Gasteiger partial charge on any atom is 0.191 e. The molecule has 106 valence electrons. The summed E-state index contributed by atoms with van der Waals surface area (Å²) in [7, 11) is 1.59. The molecule has 1 aromatic heterocycles. The zero-order chi connectivity index (χ0) is 14.5. The molecule has 0 bridgehead atoms. The summed E-state index contributed by atoms with van der Waals surface area (Å²) in [4.78, 5) is 8.09. The van der Waals surface area contributed by atoms with Crippen molar-refractivity contribution < 1.29 is 9.84 Å². The van der Waals surface area contributed by atoms with E-state index in [0.717, 1.165) is 5.56 Å². The van der Waals surface area contributed by atoms with E-state index in [1.54, 1.807) is 13.2 Å². The van der Waals surface area contributed by atoms with Crippen LogP contribution in [0.5, 0.6) is 5.75 Å². The summed E-state index contributed by atoms with van der Waals surface area (Å²) in [6.07, 6.45) is -0.652. The molecule has 7 heteroatoms. The van der Waals surface area contributed by atoms with Gasteiger partial charge in [-0.1, -0.05) is 23.9 Å². The first-order valence-electron chi connectivity index (χ1n) is 5.93. The minimum absolute atomic E-state index is 0.316. The second kappa shape index (κ2) is 6.44. The lowest BCUT2D eigenvalue weighted by Gasteiger charge is -2.11. The Labute approximate surface area is 121 Å². The molecule has 0 spiro atoms. The number of thioether (sulfide) groups is 1. The van der Waals surface area contributed by atoms with E-state index in [1.165, 1.54) is 17.8 Å². The molecule has 6 nitrogen and oxygen atoms in total. The maximum atomic E-state index is 10.1. The number of anilines is 2. The largest absolute Gasteiger partial charge is 0.497 e. The molecule has 5 N–H and O–H groups in total. The van der Waals surface area contributed by atoms with Gasteiger partial charge in [0, 0.05) is 11.8 Å². The Morgan fingerprint density at radius 1 is 1.25 bits per heavy atom. The van der Waals surface area contributed by atoms with Gasteiger partial charge in [0.1, 0.15) is 17.4 Å². The molecule has 20 heavy (non-hydrogen) atoms. The topological polar surface area (TPSA) is 107 Å². The van der Waals surface area contributed by atoms with Gasteiger partial charge in [0.15, 0.2) is 5.16 Å². The number of methoxy groups -OCH3 is 1. The van der Waals surface area contributed by atoms with Crippen molar-refractivity contribution in [2.75, 3.05) is 24.3 Å². The van der Waals surface area contributed by atoms with Crippen LogP contribution in [0.25, 0.3) is 0 Å². The molecule has 2 rings (SSSR count). The summed E-state index contributed by atoms with van der Waals surface area (Å²) >= 11 is 1.29. The van der Waals surface area contributed by atoms with Gasteiger partial charge >= 0.3 is 0 Å². The van der Waals surface area contributed by atoms with Gasteiger partial charge in [0.05, 0.1) is 13.2 Å². The molecule has 0 aliphatic heterocycles. The van der Waals surface area contributed by atoms with Crippen LogP contribution in [0.2, 0.25) is 0 Å². The van der Waals surface area contributed by atoms with E-state index >= 15 is 0 Å². The molecular weight excluding hydrogens is 276 g/mol. The quantitative estimate of drug-likeness (QED) is 0.566. The van der Waals surface area contributed by atoms with Crippen molar-refractivity contribution in [2.45, 2.75) is 11.3 Å². The Kier molecular flexibility index (Phi) is 4.65. The molecule has 1 heterocycles. The smallest absolute Gasteiger partial charge is 0.191 e. The van der Waals surface area contributed by atoms with E-state index in [2.05, 4.69) is 9.97 Å². The molecule has 0 saturated heterocycles. The number of nitrogens with two attached hydrogens (primary N) is 2. The van der Waals surface area contributed by atoms with Crippen LogP contribution in [-0.2, 0) is 0 Å². The Morgan fingerprint density at radius 2 is 1.95 bits per heavy atom. The number of benzene rings is 1. The average Bonchev–Trinajstić information content (AvgIpc) is 2.44. The van der Waals surface area contributed by atoms with Crippen LogP contribution >= 0.6 is 11.8 Å². The number of nitrogen functional groups attached to an aromatic ring is 2. The maximum absolute atomic E-state index is 10.1. The van der Waals surface area contributed by atoms with Crippen LogP contribution in [-0.4, -0.2) is 27.9 Å². The molecule has 2 aromatic rings. The number of aliphatic hydroxyl groups excluding tert-OH is 1. The van der Waals surface area contributed by atoms with E-state index in [-0.39, 0.29) is 0 Å². The summed E-state index contributed by atoms with van der Waals surface area (Å²) in [6, 6.07) is 8.77. The first-order valence-corrected chi connectivity index (χ1v) is 6.92. The Morgan fingerprint density at radius 3 is 2.60 bits per heavy atom. The Balaban J connectivity index is 2.02. The van der Waals surface area contributed by atoms with Gasteiger partial charge < -0.3 is 21.3 Å². The van der Waals surface area contributed by atoms with E-state index < -0.39 is 6.10 Å². The first kappa shape index (κ1) is 14.4. The van der Waals surface area contributed by atoms with Crippen LogP contribution in [0.4, 0.5) is 11.6 Å². The van der Waals surface area contributed by atoms with E-state index in [1.807, 2.05) is 18.2 Å². The summed E-state index contributed by atoms with van der Waals surface area (Å²) in [5, 5.41) is 10.6. The lowest BCUT2D eigenvalue weighted by atomic mass is 10.1. The predicted molar refractivity (Wildman–Crippen MR) is 79.5 cm³/mol. The van der Waals surface area contributed by atoms with Crippen molar-refractivity contribution in [2.24, 2.45) is 0 Å². The molecule has 1 aromatic carbocycles. The fourth-order valence-corrected chi connectivity index (χ4v) is 2.46. The number of aromatic nitrogens is 2. The van der Waals surface area contributed by atoms with E-state index in [4.69, 9.17) is 16.2 Å². The zero-order valence-electron chi connectivity index (χ0n) is 11.0. The summed E-state index contributed by atoms with van der Waals surface area (Å²) in [5.74, 6) is 1.73. The lowest BCUT2D eigenvalue weighted by Crippen LogP contribution is -2.03. The molecule has 0 amide bonds. The summed E-state index contributed by atoms with van der Waals surface area (Å²) in [6.45, 7) is 0. The molecule has 0 aliphatic carbocycles. The molecular formula is C13H16N4O2S. The minimum atomic E-state index is -0.652. The molecule has 0 aliphatic rings. The molecule has 1 atom stereocenters. The van der Waals surface area contributed by atoms with E-state index in [9.17, 15) is 5.11 Å². The highest BCUT2D eigenvalue weighted by Crippen LogP contribution is 2.25. The fraction of sp³-hybridized carbons (Fsp3) is 0.231. The highest BCUT2D eigenvalue weighted by molar-refractivity contribution is 7.99. The normalized spacial score (nSPS) is 12.1. The molecule has 0 fully saturated rings. The van der Waals surface area contributed by atoms with Crippen molar-refractivity contribution in [1.82, 2.24) is 9.97 Å². The second-order valence-corrected chi connectivity index (χ2v) is 5.09. The SMILES string of the molecule is COc1cccc(C(O)CSc2nc(N)cc(N)n2)c1. The number of nitrogens with zero attached hydrogens (tertiary/aromatic N) is 2. The highest BCUT2D eigenvalue weighted by Gasteiger charge is 2.11. The van der Waals surface area contributed by atoms with Crippen molar-refractivity contribution in [1.29, 1.82) is 0 Å². The van der Waals surface area contributed by atoms with Gasteiger partial charge in [-0.15, -0.1) is 0 Å². The van der Waals surface area contributed by atoms with Crippen molar-refractivity contribution in [3.8, 4) is 5.75 Å². The third-order valence-corrected chi connectivity index (χ3v) is 3.52. The van der Waals surface area contributed by atoms with Gasteiger partial charge in [0.2, 0.25) is 0 Å². The molecule has 1 unspecified atom stereocenters. The zero-order valence-corrected chi connectivity index (χ0v) is 11.8. The third-order valence-electron chi connectivity index (χ3n) is 2.59. The van der Waals surface area contributed by atoms with Crippen LogP contribution in [0.1, 0.15) is 11.7 Å². The van der Waals surface area contributed by atoms with Gasteiger partial charge in [-0.3, -0.25) is 0 Å². The van der Waals surface area contributed by atoms with Crippen molar-refractivity contribution in [3.05, 3.63) is 35.9 Å². The second-order valence-electron chi connectivity index (χ2n) is 4.10. The molecule has 0 saturated carbocycles. The first-order chi connectivity index (χ1) is 9.58. The Hall–Kier alpha value is -1.99. The van der Waals surface area contributed by atoms with Crippen LogP contribution in [0, 0.1) is 0 Å². The number of hydrogen-bond donors (Lipinski definition) is 3. The number of hydrogen-bond acceptors (Lipinski definition) is 7. The van der Waals surface area contributed by atoms with Crippen LogP contribution in [0.15, 0.2) is 35.5 Å². The van der Waals surface area contributed by atoms with E-state index in [0.29, 0.717) is 28.3 Å². The highest BCUT2D eigenvalue weighted by atomic mass is 32.2.